The largest absolute Gasteiger partial charge is 0.381 e. The van der Waals surface area contributed by atoms with Crippen LogP contribution in [-0.4, -0.2) is 134 Å². The number of fused-ring (bicyclic) bond motifs is 2. The second-order valence-electron chi connectivity index (χ2n) is 19.9. The third-order valence-corrected chi connectivity index (χ3v) is 15.9. The minimum Gasteiger partial charge on any atom is -0.381 e. The first-order valence-corrected chi connectivity index (χ1v) is 27.0. The second kappa shape index (κ2) is 23.3. The zero-order chi connectivity index (χ0) is 53.7. The summed E-state index contributed by atoms with van der Waals surface area (Å²) >= 11 is 1.58. The topological polar surface area (TPSA) is 232 Å². The van der Waals surface area contributed by atoms with Crippen LogP contribution < -0.4 is 21.5 Å². The Hall–Kier alpha value is -7.72. The van der Waals surface area contributed by atoms with Crippen molar-refractivity contribution in [1.82, 2.24) is 44.6 Å². The van der Waals surface area contributed by atoms with Gasteiger partial charge in [-0.15, -0.1) is 16.4 Å². The van der Waals surface area contributed by atoms with Gasteiger partial charge in [0.15, 0.2) is 5.82 Å². The molecule has 6 heterocycles. The van der Waals surface area contributed by atoms with Gasteiger partial charge in [0.25, 0.3) is 23.3 Å². The summed E-state index contributed by atoms with van der Waals surface area (Å²) in [5, 5.41) is 17.0. The monoisotopic (exact) mass is 1060 g/mol. The van der Waals surface area contributed by atoms with Crippen molar-refractivity contribution in [2.24, 2.45) is 7.05 Å². The van der Waals surface area contributed by atoms with E-state index in [1.165, 1.54) is 15.0 Å². The molecule has 2 saturated heterocycles. The lowest BCUT2D eigenvalue weighted by Crippen LogP contribution is -2.54. The fourth-order valence-corrected chi connectivity index (χ4v) is 11.6. The SMILES string of the molecule is Cc1c(NC(=O)c2cc3c(s2)CCCC3)cccc1-c1cn(C)c(=O)c(Nc2ccc([C@@H]3C(=O)N(CCOCCn4cc(CCOCCCc5cccc6c5C(=O)N(C5CCC(=O)NC5=O)C6=O)nn4)CCN3C)cc2)n1. The first-order chi connectivity index (χ1) is 37.3. The summed E-state index contributed by atoms with van der Waals surface area (Å²) in [6, 6.07) is 18.8. The van der Waals surface area contributed by atoms with E-state index in [1.807, 2.05) is 78.5 Å². The fraction of sp³-hybridized carbons (Fsp3) is 0.393. The van der Waals surface area contributed by atoms with Gasteiger partial charge in [-0.25, -0.2) is 9.67 Å². The summed E-state index contributed by atoms with van der Waals surface area (Å²) in [6.45, 7) is 5.66. The van der Waals surface area contributed by atoms with E-state index in [0.717, 1.165) is 53.0 Å². The summed E-state index contributed by atoms with van der Waals surface area (Å²) < 4.78 is 15.0. The molecule has 0 radical (unpaired) electrons. The molecule has 1 aliphatic carbocycles. The number of hydrogen-bond donors (Lipinski definition) is 3. The highest BCUT2D eigenvalue weighted by Gasteiger charge is 2.45. The second-order valence-corrected chi connectivity index (χ2v) is 21.0. The number of carbonyl (C=O) groups excluding carboxylic acids is 6. The Bertz CT molecular complexity index is 3290. The molecule has 21 heteroatoms. The Morgan fingerprint density at radius 2 is 1.61 bits per heavy atom. The van der Waals surface area contributed by atoms with Crippen molar-refractivity contribution in [3.63, 3.8) is 0 Å². The van der Waals surface area contributed by atoms with E-state index in [2.05, 4.69) is 26.3 Å². The van der Waals surface area contributed by atoms with Gasteiger partial charge in [-0.05, 0) is 112 Å². The van der Waals surface area contributed by atoms with Crippen molar-refractivity contribution in [3.8, 4) is 11.3 Å². The Morgan fingerprint density at radius 1 is 0.831 bits per heavy atom. The van der Waals surface area contributed by atoms with Gasteiger partial charge >= 0.3 is 0 Å². The number of imide groups is 2. The molecule has 0 bridgehead atoms. The van der Waals surface area contributed by atoms with Gasteiger partial charge in [0.1, 0.15) is 12.1 Å². The Balaban J connectivity index is 0.653. The number of amides is 6. The van der Waals surface area contributed by atoms with Crippen LogP contribution in [0.4, 0.5) is 17.2 Å². The first kappa shape index (κ1) is 52.7. The lowest BCUT2D eigenvalue weighted by Gasteiger charge is -2.39. The maximum Gasteiger partial charge on any atom is 0.293 e. The molecule has 3 aliphatic heterocycles. The van der Waals surface area contributed by atoms with E-state index < -0.39 is 35.7 Å². The smallest absolute Gasteiger partial charge is 0.293 e. The van der Waals surface area contributed by atoms with Crippen LogP contribution in [0.5, 0.6) is 0 Å². The zero-order valence-electron chi connectivity index (χ0n) is 43.3. The van der Waals surface area contributed by atoms with Crippen LogP contribution in [0.1, 0.15) is 101 Å². The molecule has 2 atom stereocenters. The van der Waals surface area contributed by atoms with Crippen molar-refractivity contribution in [1.29, 1.82) is 0 Å². The van der Waals surface area contributed by atoms with Gasteiger partial charge in [-0.2, -0.15) is 0 Å². The van der Waals surface area contributed by atoms with Crippen LogP contribution in [0.15, 0.2) is 83.9 Å². The first-order valence-electron chi connectivity index (χ1n) is 26.2. The Morgan fingerprint density at radius 3 is 2.43 bits per heavy atom. The predicted octanol–water partition coefficient (Wildman–Crippen LogP) is 5.41. The highest BCUT2D eigenvalue weighted by atomic mass is 32.1. The summed E-state index contributed by atoms with van der Waals surface area (Å²) in [6.07, 6.45) is 9.70. The number of thiophene rings is 1. The number of likely N-dealkylation sites (N-methyl/N-ethyl adjacent to an activating group) is 1. The number of aryl methyl sites for hydroxylation is 4. The molecule has 2 fully saturated rings. The number of piperidine rings is 1. The average molecular weight is 1060 g/mol. The summed E-state index contributed by atoms with van der Waals surface area (Å²) in [4.78, 5) is 103. The zero-order valence-corrected chi connectivity index (χ0v) is 44.2. The normalized spacial score (nSPS) is 17.7. The molecule has 6 aromatic rings. The third-order valence-electron chi connectivity index (χ3n) is 14.7. The molecule has 1 unspecified atom stereocenters. The van der Waals surface area contributed by atoms with Crippen LogP contribution in [0, 0.1) is 6.92 Å². The molecule has 3 aromatic heterocycles. The molecule has 4 aliphatic rings. The molecular formula is C56H61N11O9S. The maximum atomic E-state index is 13.9. The maximum absolute atomic E-state index is 13.9. The summed E-state index contributed by atoms with van der Waals surface area (Å²) in [7, 11) is 3.62. The number of carbonyl (C=O) groups is 6. The number of anilines is 3. The van der Waals surface area contributed by atoms with Crippen molar-refractivity contribution in [3.05, 3.63) is 138 Å². The average Bonchev–Trinajstić information content (AvgIpc) is 4.18. The quantitative estimate of drug-likeness (QED) is 0.0642. The number of nitrogens with zero attached hydrogens (tertiary/aromatic N) is 8. The van der Waals surface area contributed by atoms with Crippen LogP contribution in [0.2, 0.25) is 0 Å². The van der Waals surface area contributed by atoms with Crippen LogP contribution in [0.25, 0.3) is 11.3 Å². The van der Waals surface area contributed by atoms with Crippen LogP contribution in [-0.2, 0) is 63.1 Å². The summed E-state index contributed by atoms with van der Waals surface area (Å²) in [5.74, 6) is -2.10. The number of benzene rings is 3. The van der Waals surface area contributed by atoms with Crippen LogP contribution in [0.3, 0.4) is 0 Å². The molecule has 77 heavy (non-hydrogen) atoms. The lowest BCUT2D eigenvalue weighted by atomic mass is 9.99. The molecular weight excluding hydrogens is 1000 g/mol. The van der Waals surface area contributed by atoms with E-state index in [1.54, 1.807) is 47.5 Å². The Kier molecular flexibility index (Phi) is 15.9. The van der Waals surface area contributed by atoms with Crippen molar-refractivity contribution in [2.75, 3.05) is 63.7 Å². The standard InChI is InChI=1S/C56H61N11O9S/c1-34-40(12-7-14-42(34)59-52(70)46-31-37-9-4-5-15-45(37)77-46)43-33-64(3)56(74)50(58-43)57-38-18-16-36(17-19-38)49-55(73)65(24-23-63(49)2)25-29-76-30-26-66-32-39(61-62-66)22-28-75-27-8-11-35-10-6-13-41-48(35)54(72)67(53(41)71)44-20-21-47(68)60-51(44)69/h6-7,10,12-14,16-19,31-33,44,49H,4-5,8-9,11,15,20-30H2,1-3H3,(H,57,58)(H,59,70)(H,60,68,69)/t44?,49-/m1/s1. The van der Waals surface area contributed by atoms with Crippen molar-refractivity contribution in [2.45, 2.75) is 83.3 Å². The molecule has 0 saturated carbocycles. The number of nitrogens with one attached hydrogen (secondary N) is 3. The van der Waals surface area contributed by atoms with Gasteiger partial charge < -0.3 is 29.6 Å². The van der Waals surface area contributed by atoms with E-state index in [-0.39, 0.29) is 41.6 Å². The van der Waals surface area contributed by atoms with E-state index in [0.29, 0.717) is 105 Å². The number of hydrogen-bond acceptors (Lipinski definition) is 15. The predicted molar refractivity (Wildman–Crippen MR) is 287 cm³/mol. The molecule has 400 valence electrons. The third kappa shape index (κ3) is 11.5. The van der Waals surface area contributed by atoms with E-state index in [4.69, 9.17) is 14.5 Å². The minimum atomic E-state index is -1.01. The Labute approximate surface area is 448 Å². The van der Waals surface area contributed by atoms with Crippen molar-refractivity contribution >= 4 is 64.0 Å². The number of aromatic nitrogens is 5. The van der Waals surface area contributed by atoms with Gasteiger partial charge in [-0.1, -0.05) is 41.6 Å². The van der Waals surface area contributed by atoms with Gasteiger partial charge in [0, 0.05) is 80.3 Å². The van der Waals surface area contributed by atoms with Crippen molar-refractivity contribution < 1.29 is 38.2 Å². The molecule has 0 spiro atoms. The van der Waals surface area contributed by atoms with Crippen LogP contribution >= 0.6 is 11.3 Å². The molecule has 10 rings (SSSR count). The molecule has 3 N–H and O–H groups in total. The van der Waals surface area contributed by atoms with E-state index >= 15 is 0 Å². The number of rotatable bonds is 20. The minimum absolute atomic E-state index is 0.0220. The number of ether oxygens (including phenoxy) is 2. The lowest BCUT2D eigenvalue weighted by molar-refractivity contribution is -0.142. The highest BCUT2D eigenvalue weighted by molar-refractivity contribution is 7.14. The molecule has 20 nitrogen and oxygen atoms in total. The van der Waals surface area contributed by atoms with Gasteiger partial charge in [0.05, 0.1) is 53.8 Å². The highest BCUT2D eigenvalue weighted by Crippen LogP contribution is 2.34. The molecule has 3 aromatic carbocycles. The summed E-state index contributed by atoms with van der Waals surface area (Å²) in [5.41, 5.74) is 7.34. The van der Waals surface area contributed by atoms with Gasteiger partial charge in [0.2, 0.25) is 17.7 Å². The molecule has 6 amide bonds. The fourth-order valence-electron chi connectivity index (χ4n) is 10.5. The van der Waals surface area contributed by atoms with E-state index in [9.17, 15) is 33.6 Å². The van der Waals surface area contributed by atoms with Gasteiger partial charge in [-0.3, -0.25) is 48.7 Å². The number of piperazine rings is 1.